The summed E-state index contributed by atoms with van der Waals surface area (Å²) in [5.41, 5.74) is 1.07. The SMILES string of the molecule is CCNC(Cc1ccncc1Cl)C1(OC)CCC(C)CC1. The summed E-state index contributed by atoms with van der Waals surface area (Å²) in [4.78, 5) is 4.07. The van der Waals surface area contributed by atoms with Gasteiger partial charge < -0.3 is 10.1 Å². The lowest BCUT2D eigenvalue weighted by Gasteiger charge is -2.44. The Hall–Kier alpha value is -0.640. The van der Waals surface area contributed by atoms with Crippen molar-refractivity contribution >= 4 is 11.6 Å². The van der Waals surface area contributed by atoms with Gasteiger partial charge in [0.05, 0.1) is 10.6 Å². The van der Waals surface area contributed by atoms with Crippen LogP contribution >= 0.6 is 11.6 Å². The van der Waals surface area contributed by atoms with Crippen molar-refractivity contribution in [3.8, 4) is 0 Å². The lowest BCUT2D eigenvalue weighted by Crippen LogP contribution is -2.55. The molecule has 1 fully saturated rings. The van der Waals surface area contributed by atoms with Gasteiger partial charge in [-0.3, -0.25) is 4.98 Å². The van der Waals surface area contributed by atoms with Gasteiger partial charge in [-0.15, -0.1) is 0 Å². The molecule has 1 aliphatic rings. The number of nitrogens with one attached hydrogen (secondary N) is 1. The van der Waals surface area contributed by atoms with E-state index in [1.165, 1.54) is 12.8 Å². The first-order valence-electron chi connectivity index (χ1n) is 7.98. The first kappa shape index (κ1) is 16.7. The number of likely N-dealkylation sites (N-methyl/N-ethyl adjacent to an activating group) is 1. The molecule has 0 radical (unpaired) electrons. The third-order valence-electron chi connectivity index (χ3n) is 4.89. The molecule has 0 aliphatic heterocycles. The summed E-state index contributed by atoms with van der Waals surface area (Å²) in [6.45, 7) is 5.42. The molecule has 4 heteroatoms. The summed E-state index contributed by atoms with van der Waals surface area (Å²) in [5.74, 6) is 0.806. The highest BCUT2D eigenvalue weighted by Gasteiger charge is 2.41. The van der Waals surface area contributed by atoms with Crippen LogP contribution in [0.25, 0.3) is 0 Å². The third-order valence-corrected chi connectivity index (χ3v) is 5.23. The van der Waals surface area contributed by atoms with Gasteiger partial charge >= 0.3 is 0 Å². The second kappa shape index (κ2) is 7.57. The number of ether oxygens (including phenoxy) is 1. The van der Waals surface area contributed by atoms with E-state index in [1.54, 1.807) is 6.20 Å². The zero-order valence-corrected chi connectivity index (χ0v) is 14.1. The highest BCUT2D eigenvalue weighted by atomic mass is 35.5. The van der Waals surface area contributed by atoms with E-state index >= 15 is 0 Å². The van der Waals surface area contributed by atoms with E-state index in [-0.39, 0.29) is 5.60 Å². The molecule has 118 valence electrons. The lowest BCUT2D eigenvalue weighted by atomic mass is 9.73. The fourth-order valence-electron chi connectivity index (χ4n) is 3.43. The number of methoxy groups -OCH3 is 1. The van der Waals surface area contributed by atoms with E-state index in [9.17, 15) is 0 Å². The molecule has 2 rings (SSSR count). The van der Waals surface area contributed by atoms with E-state index in [1.807, 2.05) is 19.4 Å². The second-order valence-corrected chi connectivity index (χ2v) is 6.64. The Labute approximate surface area is 133 Å². The Bertz CT molecular complexity index is 444. The molecule has 3 nitrogen and oxygen atoms in total. The van der Waals surface area contributed by atoms with Crippen molar-refractivity contribution in [2.24, 2.45) is 5.92 Å². The minimum atomic E-state index is -0.0743. The highest BCUT2D eigenvalue weighted by molar-refractivity contribution is 6.31. The summed E-state index contributed by atoms with van der Waals surface area (Å²) in [5, 5.41) is 4.38. The van der Waals surface area contributed by atoms with Gasteiger partial charge in [0, 0.05) is 25.5 Å². The Balaban J connectivity index is 2.18. The van der Waals surface area contributed by atoms with Crippen molar-refractivity contribution in [2.75, 3.05) is 13.7 Å². The van der Waals surface area contributed by atoms with Crippen molar-refractivity contribution in [3.63, 3.8) is 0 Å². The van der Waals surface area contributed by atoms with Crippen molar-refractivity contribution in [1.29, 1.82) is 0 Å². The minimum absolute atomic E-state index is 0.0743. The number of hydrogen-bond donors (Lipinski definition) is 1. The maximum absolute atomic E-state index is 6.29. The number of rotatable bonds is 6. The average Bonchev–Trinajstić information content (AvgIpc) is 2.50. The van der Waals surface area contributed by atoms with Crippen LogP contribution in [-0.4, -0.2) is 30.3 Å². The second-order valence-electron chi connectivity index (χ2n) is 6.23. The van der Waals surface area contributed by atoms with Crippen LogP contribution in [0, 0.1) is 5.92 Å². The number of pyridine rings is 1. The zero-order chi connectivity index (χ0) is 15.3. The molecule has 1 heterocycles. The average molecular weight is 311 g/mol. The van der Waals surface area contributed by atoms with Crippen LogP contribution in [0.3, 0.4) is 0 Å². The van der Waals surface area contributed by atoms with Crippen LogP contribution in [0.5, 0.6) is 0 Å². The molecule has 0 spiro atoms. The van der Waals surface area contributed by atoms with E-state index < -0.39 is 0 Å². The van der Waals surface area contributed by atoms with Gasteiger partial charge in [-0.1, -0.05) is 25.4 Å². The van der Waals surface area contributed by atoms with Gasteiger partial charge in [0.15, 0.2) is 0 Å². The number of nitrogens with zero attached hydrogens (tertiary/aromatic N) is 1. The molecule has 1 aromatic heterocycles. The van der Waals surface area contributed by atoms with E-state index in [0.717, 1.165) is 42.3 Å². The van der Waals surface area contributed by atoms with Gasteiger partial charge in [0.2, 0.25) is 0 Å². The quantitative estimate of drug-likeness (QED) is 0.866. The Kier molecular flexibility index (Phi) is 6.03. The summed E-state index contributed by atoms with van der Waals surface area (Å²) >= 11 is 6.29. The molecule has 0 amide bonds. The Morgan fingerprint density at radius 3 is 2.76 bits per heavy atom. The maximum atomic E-state index is 6.29. The fraction of sp³-hybridized carbons (Fsp3) is 0.706. The zero-order valence-electron chi connectivity index (χ0n) is 13.4. The molecular weight excluding hydrogens is 284 g/mol. The van der Waals surface area contributed by atoms with Crippen LogP contribution in [0.4, 0.5) is 0 Å². The van der Waals surface area contributed by atoms with Crippen LogP contribution in [0.2, 0.25) is 5.02 Å². The van der Waals surface area contributed by atoms with Crippen molar-refractivity contribution in [2.45, 2.75) is 57.6 Å². The number of halogens is 1. The predicted octanol–water partition coefficient (Wildman–Crippen LogP) is 3.85. The van der Waals surface area contributed by atoms with Gasteiger partial charge in [0.1, 0.15) is 0 Å². The third kappa shape index (κ3) is 3.97. The highest BCUT2D eigenvalue weighted by Crippen LogP contribution is 2.38. The maximum Gasteiger partial charge on any atom is 0.0834 e. The van der Waals surface area contributed by atoms with Crippen molar-refractivity contribution < 1.29 is 4.74 Å². The molecule has 0 bridgehead atoms. The largest absolute Gasteiger partial charge is 0.377 e. The molecule has 0 saturated heterocycles. The molecule has 0 aromatic carbocycles. The van der Waals surface area contributed by atoms with Crippen LogP contribution < -0.4 is 5.32 Å². The molecule has 21 heavy (non-hydrogen) atoms. The standard InChI is InChI=1S/C17H27ClN2O/c1-4-20-16(11-14-7-10-19-12-15(14)18)17(21-3)8-5-13(2)6-9-17/h7,10,12-13,16,20H,4-6,8-9,11H2,1-3H3. The summed E-state index contributed by atoms with van der Waals surface area (Å²) in [6.07, 6.45) is 9.13. The normalized spacial score (nSPS) is 27.5. The number of aromatic nitrogens is 1. The lowest BCUT2D eigenvalue weighted by molar-refractivity contribution is -0.0742. The van der Waals surface area contributed by atoms with Gasteiger partial charge in [-0.25, -0.2) is 0 Å². The summed E-state index contributed by atoms with van der Waals surface area (Å²) in [7, 11) is 1.86. The molecular formula is C17H27ClN2O. The first-order chi connectivity index (χ1) is 10.1. The van der Waals surface area contributed by atoms with Crippen molar-refractivity contribution in [1.82, 2.24) is 10.3 Å². The molecule has 1 aliphatic carbocycles. The Morgan fingerprint density at radius 2 is 2.19 bits per heavy atom. The first-order valence-corrected chi connectivity index (χ1v) is 8.36. The molecule has 1 N–H and O–H groups in total. The van der Waals surface area contributed by atoms with Gasteiger partial charge in [-0.05, 0) is 56.2 Å². The van der Waals surface area contributed by atoms with Gasteiger partial charge in [0.25, 0.3) is 0 Å². The molecule has 1 aromatic rings. The minimum Gasteiger partial charge on any atom is -0.377 e. The van der Waals surface area contributed by atoms with E-state index in [2.05, 4.69) is 24.1 Å². The van der Waals surface area contributed by atoms with E-state index in [0.29, 0.717) is 6.04 Å². The molecule has 1 unspecified atom stereocenters. The molecule has 1 atom stereocenters. The van der Waals surface area contributed by atoms with Crippen LogP contribution in [0.15, 0.2) is 18.5 Å². The number of hydrogen-bond acceptors (Lipinski definition) is 3. The summed E-state index contributed by atoms with van der Waals surface area (Å²) in [6, 6.07) is 2.31. The van der Waals surface area contributed by atoms with Crippen LogP contribution in [-0.2, 0) is 11.2 Å². The van der Waals surface area contributed by atoms with Gasteiger partial charge in [-0.2, -0.15) is 0 Å². The molecule has 1 saturated carbocycles. The smallest absolute Gasteiger partial charge is 0.0834 e. The predicted molar refractivity (Wildman–Crippen MR) is 87.8 cm³/mol. The summed E-state index contributed by atoms with van der Waals surface area (Å²) < 4.78 is 6.03. The fourth-order valence-corrected chi connectivity index (χ4v) is 3.62. The topological polar surface area (TPSA) is 34.2 Å². The van der Waals surface area contributed by atoms with Crippen molar-refractivity contribution in [3.05, 3.63) is 29.0 Å². The monoisotopic (exact) mass is 310 g/mol. The Morgan fingerprint density at radius 1 is 1.48 bits per heavy atom. The van der Waals surface area contributed by atoms with Crippen LogP contribution in [0.1, 0.15) is 45.1 Å². The van der Waals surface area contributed by atoms with E-state index in [4.69, 9.17) is 16.3 Å².